The van der Waals surface area contributed by atoms with Gasteiger partial charge in [0, 0.05) is 24.3 Å². The maximum Gasteiger partial charge on any atom is 0.253 e. The number of hydrogen-bond donors (Lipinski definition) is 2. The molecule has 2 rings (SSSR count). The van der Waals surface area contributed by atoms with Gasteiger partial charge in [0.05, 0.1) is 6.04 Å². The number of likely N-dealkylation sites (N-methyl/N-ethyl adjacent to an activating group) is 1. The maximum atomic E-state index is 12.2. The van der Waals surface area contributed by atoms with Crippen LogP contribution in [0.1, 0.15) is 30.1 Å². The summed E-state index contributed by atoms with van der Waals surface area (Å²) in [6, 6.07) is 6.81. The van der Waals surface area contributed by atoms with Gasteiger partial charge in [-0.1, -0.05) is 0 Å². The first kappa shape index (κ1) is 14.5. The molecule has 1 aromatic carbocycles. The second kappa shape index (κ2) is 6.52. The van der Waals surface area contributed by atoms with Crippen LogP contribution in [0.4, 0.5) is 5.69 Å². The van der Waals surface area contributed by atoms with Crippen molar-refractivity contribution >= 4 is 17.5 Å². The Bertz CT molecular complexity index is 478. The molecule has 0 bridgehead atoms. The monoisotopic (exact) mass is 275 g/mol. The first-order valence-electron chi connectivity index (χ1n) is 6.99. The highest BCUT2D eigenvalue weighted by Crippen LogP contribution is 2.15. The van der Waals surface area contributed by atoms with Crippen LogP contribution in [-0.2, 0) is 4.79 Å². The van der Waals surface area contributed by atoms with Gasteiger partial charge in [-0.3, -0.25) is 9.59 Å². The zero-order chi connectivity index (χ0) is 14.5. The van der Waals surface area contributed by atoms with Crippen LogP contribution in [0, 0.1) is 0 Å². The van der Waals surface area contributed by atoms with Gasteiger partial charge in [0.25, 0.3) is 5.91 Å². The van der Waals surface area contributed by atoms with Gasteiger partial charge in [-0.2, -0.15) is 0 Å². The normalized spacial score (nSPS) is 16.0. The molecule has 1 aliphatic rings. The minimum absolute atomic E-state index is 0.0731. The molecule has 5 nitrogen and oxygen atoms in total. The van der Waals surface area contributed by atoms with Gasteiger partial charge in [0.15, 0.2) is 0 Å². The van der Waals surface area contributed by atoms with E-state index in [1.807, 2.05) is 4.90 Å². The Hall–Kier alpha value is -1.88. The Morgan fingerprint density at radius 2 is 1.75 bits per heavy atom. The molecule has 2 N–H and O–H groups in total. The van der Waals surface area contributed by atoms with Crippen molar-refractivity contribution in [1.29, 1.82) is 0 Å². The van der Waals surface area contributed by atoms with E-state index in [1.165, 1.54) is 0 Å². The summed E-state index contributed by atoms with van der Waals surface area (Å²) in [5.74, 6) is -0.0184. The molecule has 0 saturated carbocycles. The fourth-order valence-corrected chi connectivity index (χ4v) is 2.18. The summed E-state index contributed by atoms with van der Waals surface area (Å²) < 4.78 is 0. The number of rotatable bonds is 4. The first-order chi connectivity index (χ1) is 9.61. The number of amides is 2. The minimum Gasteiger partial charge on any atom is -0.339 e. The number of nitrogens with zero attached hydrogens (tertiary/aromatic N) is 1. The second-order valence-electron chi connectivity index (χ2n) is 5.08. The highest BCUT2D eigenvalue weighted by Gasteiger charge is 2.19. The minimum atomic E-state index is -0.249. The quantitative estimate of drug-likeness (QED) is 0.874. The molecule has 0 spiro atoms. The summed E-state index contributed by atoms with van der Waals surface area (Å²) in [6.45, 7) is 3.48. The van der Waals surface area contributed by atoms with Crippen LogP contribution >= 0.6 is 0 Å². The second-order valence-corrected chi connectivity index (χ2v) is 5.08. The van der Waals surface area contributed by atoms with Gasteiger partial charge >= 0.3 is 0 Å². The fourth-order valence-electron chi connectivity index (χ4n) is 2.18. The lowest BCUT2D eigenvalue weighted by Crippen LogP contribution is -2.35. The summed E-state index contributed by atoms with van der Waals surface area (Å²) in [5, 5.41) is 5.68. The van der Waals surface area contributed by atoms with Gasteiger partial charge in [0.1, 0.15) is 0 Å². The van der Waals surface area contributed by atoms with Crippen LogP contribution in [0.25, 0.3) is 0 Å². The molecule has 20 heavy (non-hydrogen) atoms. The molecule has 1 atom stereocenters. The fraction of sp³-hybridized carbons (Fsp3) is 0.467. The summed E-state index contributed by atoms with van der Waals surface area (Å²) in [4.78, 5) is 25.8. The van der Waals surface area contributed by atoms with Crippen LogP contribution in [0.5, 0.6) is 0 Å². The van der Waals surface area contributed by atoms with E-state index in [2.05, 4.69) is 10.6 Å². The van der Waals surface area contributed by atoms with Crippen molar-refractivity contribution in [2.75, 3.05) is 25.5 Å². The van der Waals surface area contributed by atoms with Crippen molar-refractivity contribution in [3.05, 3.63) is 29.8 Å². The number of carbonyl (C=O) groups is 2. The number of carbonyl (C=O) groups excluding carboxylic acids is 2. The van der Waals surface area contributed by atoms with Gasteiger partial charge in [-0.15, -0.1) is 0 Å². The van der Waals surface area contributed by atoms with Crippen molar-refractivity contribution in [1.82, 2.24) is 10.2 Å². The molecule has 0 aliphatic carbocycles. The number of benzene rings is 1. The topological polar surface area (TPSA) is 61.4 Å². The summed E-state index contributed by atoms with van der Waals surface area (Å²) in [7, 11) is 1.74. The van der Waals surface area contributed by atoms with E-state index >= 15 is 0 Å². The number of hydrogen-bond acceptors (Lipinski definition) is 3. The van der Waals surface area contributed by atoms with Crippen molar-refractivity contribution in [2.45, 2.75) is 25.8 Å². The molecular weight excluding hydrogens is 254 g/mol. The number of likely N-dealkylation sites (tertiary alicyclic amines) is 1. The predicted octanol–water partition coefficient (Wildman–Crippen LogP) is 1.47. The lowest BCUT2D eigenvalue weighted by Gasteiger charge is -2.15. The van der Waals surface area contributed by atoms with E-state index in [1.54, 1.807) is 38.2 Å². The van der Waals surface area contributed by atoms with Gasteiger partial charge < -0.3 is 15.5 Å². The van der Waals surface area contributed by atoms with Crippen molar-refractivity contribution in [3.63, 3.8) is 0 Å². The third kappa shape index (κ3) is 3.36. The van der Waals surface area contributed by atoms with Crippen molar-refractivity contribution in [3.8, 4) is 0 Å². The Labute approximate surface area is 119 Å². The van der Waals surface area contributed by atoms with Gasteiger partial charge in [0.2, 0.25) is 5.91 Å². The largest absolute Gasteiger partial charge is 0.339 e. The average Bonchev–Trinajstić information content (AvgIpc) is 3.00. The molecule has 108 valence electrons. The number of nitrogens with one attached hydrogen (secondary N) is 2. The molecule has 2 amide bonds. The Morgan fingerprint density at radius 1 is 1.15 bits per heavy atom. The van der Waals surface area contributed by atoms with E-state index in [4.69, 9.17) is 0 Å². The van der Waals surface area contributed by atoms with E-state index < -0.39 is 0 Å². The zero-order valence-corrected chi connectivity index (χ0v) is 12.0. The molecular formula is C15H21N3O2. The van der Waals surface area contributed by atoms with E-state index in [9.17, 15) is 9.59 Å². The van der Waals surface area contributed by atoms with E-state index in [0.29, 0.717) is 11.3 Å². The SMILES string of the molecule is CNC(C)C(=O)Nc1ccc(C(=O)N2CCCC2)cc1. The smallest absolute Gasteiger partial charge is 0.253 e. The van der Waals surface area contributed by atoms with Crippen LogP contribution < -0.4 is 10.6 Å². The Morgan fingerprint density at radius 3 is 2.30 bits per heavy atom. The maximum absolute atomic E-state index is 12.2. The summed E-state index contributed by atoms with van der Waals surface area (Å²) >= 11 is 0. The first-order valence-corrected chi connectivity index (χ1v) is 6.99. The van der Waals surface area contributed by atoms with E-state index in [-0.39, 0.29) is 17.9 Å². The molecule has 1 heterocycles. The highest BCUT2D eigenvalue weighted by atomic mass is 16.2. The third-order valence-corrected chi connectivity index (χ3v) is 3.62. The van der Waals surface area contributed by atoms with E-state index in [0.717, 1.165) is 25.9 Å². The molecule has 1 saturated heterocycles. The average molecular weight is 275 g/mol. The lowest BCUT2D eigenvalue weighted by atomic mass is 10.1. The van der Waals surface area contributed by atoms with Crippen LogP contribution in [-0.4, -0.2) is 42.9 Å². The molecule has 5 heteroatoms. The molecule has 1 fully saturated rings. The summed E-state index contributed by atoms with van der Waals surface area (Å²) in [5.41, 5.74) is 1.38. The molecule has 0 radical (unpaired) electrons. The van der Waals surface area contributed by atoms with Crippen molar-refractivity contribution in [2.24, 2.45) is 0 Å². The highest BCUT2D eigenvalue weighted by molar-refractivity contribution is 5.97. The van der Waals surface area contributed by atoms with Gasteiger partial charge in [-0.05, 0) is 51.1 Å². The van der Waals surface area contributed by atoms with Crippen LogP contribution in [0.2, 0.25) is 0 Å². The standard InChI is InChI=1S/C15H21N3O2/c1-11(16-2)14(19)17-13-7-5-12(6-8-13)15(20)18-9-3-4-10-18/h5-8,11,16H,3-4,9-10H2,1-2H3,(H,17,19). The summed E-state index contributed by atoms with van der Waals surface area (Å²) in [6.07, 6.45) is 2.17. The van der Waals surface area contributed by atoms with Crippen molar-refractivity contribution < 1.29 is 9.59 Å². The van der Waals surface area contributed by atoms with Gasteiger partial charge in [-0.25, -0.2) is 0 Å². The predicted molar refractivity (Wildman–Crippen MR) is 78.7 cm³/mol. The zero-order valence-electron chi connectivity index (χ0n) is 12.0. The Balaban J connectivity index is 1.99. The number of anilines is 1. The molecule has 0 aromatic heterocycles. The lowest BCUT2D eigenvalue weighted by molar-refractivity contribution is -0.117. The third-order valence-electron chi connectivity index (χ3n) is 3.62. The molecule has 1 aromatic rings. The molecule has 1 aliphatic heterocycles. The molecule has 1 unspecified atom stereocenters. The van der Waals surface area contributed by atoms with Crippen LogP contribution in [0.3, 0.4) is 0 Å². The van der Waals surface area contributed by atoms with Crippen LogP contribution in [0.15, 0.2) is 24.3 Å². The Kier molecular flexibility index (Phi) is 4.74.